The van der Waals surface area contributed by atoms with Gasteiger partial charge in [0, 0.05) is 13.6 Å². The highest BCUT2D eigenvalue weighted by Gasteiger charge is 2.04. The highest BCUT2D eigenvalue weighted by molar-refractivity contribution is 5.36. The quantitative estimate of drug-likeness (QED) is 0.758. The van der Waals surface area contributed by atoms with Crippen molar-refractivity contribution in [2.24, 2.45) is 5.92 Å². The molecule has 0 aliphatic rings. The second kappa shape index (κ2) is 6.06. The molecule has 0 saturated carbocycles. The van der Waals surface area contributed by atoms with Gasteiger partial charge in [0.2, 0.25) is 0 Å². The molecule has 0 spiro atoms. The minimum atomic E-state index is 0.506. The van der Waals surface area contributed by atoms with E-state index in [2.05, 4.69) is 30.1 Å². The van der Waals surface area contributed by atoms with E-state index in [0.29, 0.717) is 18.9 Å². The van der Waals surface area contributed by atoms with Crippen molar-refractivity contribution in [1.82, 2.24) is 10.2 Å². The lowest BCUT2D eigenvalue weighted by Gasteiger charge is -2.15. The maximum atomic E-state index is 8.49. The van der Waals surface area contributed by atoms with Crippen LogP contribution in [-0.4, -0.2) is 23.8 Å². The van der Waals surface area contributed by atoms with Crippen molar-refractivity contribution >= 4 is 5.82 Å². The van der Waals surface area contributed by atoms with Gasteiger partial charge >= 0.3 is 0 Å². The van der Waals surface area contributed by atoms with Crippen LogP contribution in [0.15, 0.2) is 12.1 Å². The van der Waals surface area contributed by atoms with E-state index in [0.717, 1.165) is 17.9 Å². The Kier molecular flexibility index (Phi) is 4.71. The number of hydrogen-bond donors (Lipinski definition) is 0. The molecule has 1 rings (SSSR count). The Bertz CT molecular complexity index is 350. The smallest absolute Gasteiger partial charge is 0.151 e. The molecule has 1 aromatic heterocycles. The number of anilines is 1. The SMILES string of the molecule is CC(C)Cc1ccc(N(C)CCC#N)nn1. The predicted octanol–water partition coefficient (Wildman–Crippen LogP) is 2.02. The van der Waals surface area contributed by atoms with Gasteiger partial charge in [0.05, 0.1) is 18.2 Å². The molecule has 1 aromatic rings. The van der Waals surface area contributed by atoms with E-state index in [4.69, 9.17) is 5.26 Å². The summed E-state index contributed by atoms with van der Waals surface area (Å²) in [4.78, 5) is 1.94. The molecule has 0 aliphatic heterocycles. The zero-order valence-electron chi connectivity index (χ0n) is 10.1. The van der Waals surface area contributed by atoms with E-state index in [-0.39, 0.29) is 0 Å². The third-order valence-electron chi connectivity index (χ3n) is 2.27. The van der Waals surface area contributed by atoms with Gasteiger partial charge < -0.3 is 4.90 Å². The molecule has 0 amide bonds. The van der Waals surface area contributed by atoms with E-state index in [1.54, 1.807) is 0 Å². The van der Waals surface area contributed by atoms with Crippen LogP contribution in [0, 0.1) is 17.2 Å². The van der Waals surface area contributed by atoms with Crippen molar-refractivity contribution in [3.8, 4) is 6.07 Å². The minimum Gasteiger partial charge on any atom is -0.357 e. The Hall–Kier alpha value is -1.63. The highest BCUT2D eigenvalue weighted by atomic mass is 15.2. The molecule has 0 radical (unpaired) electrons. The van der Waals surface area contributed by atoms with Crippen molar-refractivity contribution in [3.05, 3.63) is 17.8 Å². The van der Waals surface area contributed by atoms with E-state index in [1.165, 1.54) is 0 Å². The zero-order chi connectivity index (χ0) is 12.0. The molecular weight excluding hydrogens is 200 g/mol. The lowest BCUT2D eigenvalue weighted by Crippen LogP contribution is -2.19. The standard InChI is InChI=1S/C12H18N4/c1-10(2)9-11-5-6-12(15-14-11)16(3)8-4-7-13/h5-6,10H,4,8-9H2,1-3H3. The highest BCUT2D eigenvalue weighted by Crippen LogP contribution is 2.10. The first kappa shape index (κ1) is 12.4. The molecule has 4 nitrogen and oxygen atoms in total. The molecule has 0 bridgehead atoms. The maximum Gasteiger partial charge on any atom is 0.151 e. The molecule has 1 heterocycles. The normalized spacial score (nSPS) is 10.2. The minimum absolute atomic E-state index is 0.506. The molecule has 0 fully saturated rings. The summed E-state index contributed by atoms with van der Waals surface area (Å²) in [5.41, 5.74) is 1.02. The molecule has 86 valence electrons. The van der Waals surface area contributed by atoms with Crippen molar-refractivity contribution in [2.75, 3.05) is 18.5 Å². The van der Waals surface area contributed by atoms with Gasteiger partial charge in [-0.25, -0.2) is 0 Å². The Balaban J connectivity index is 2.60. The molecule has 0 aromatic carbocycles. The first-order valence-corrected chi connectivity index (χ1v) is 5.54. The summed E-state index contributed by atoms with van der Waals surface area (Å²) in [6.45, 7) is 5.01. The van der Waals surface area contributed by atoms with Crippen LogP contribution in [0.4, 0.5) is 5.82 Å². The Labute approximate surface area is 96.9 Å². The molecule has 16 heavy (non-hydrogen) atoms. The maximum absolute atomic E-state index is 8.49. The van der Waals surface area contributed by atoms with Crippen LogP contribution in [0.3, 0.4) is 0 Å². The van der Waals surface area contributed by atoms with Gasteiger partial charge in [-0.15, -0.1) is 5.10 Å². The molecule has 0 atom stereocenters. The largest absolute Gasteiger partial charge is 0.357 e. The lowest BCUT2D eigenvalue weighted by molar-refractivity contribution is 0.627. The van der Waals surface area contributed by atoms with Gasteiger partial charge in [0.1, 0.15) is 0 Å². The number of nitrogens with zero attached hydrogens (tertiary/aromatic N) is 4. The monoisotopic (exact) mass is 218 g/mol. The fourth-order valence-corrected chi connectivity index (χ4v) is 1.42. The van der Waals surface area contributed by atoms with Crippen LogP contribution in [0.1, 0.15) is 26.0 Å². The van der Waals surface area contributed by atoms with E-state index in [1.807, 2.05) is 24.1 Å². The fourth-order valence-electron chi connectivity index (χ4n) is 1.42. The van der Waals surface area contributed by atoms with Gasteiger partial charge in [-0.2, -0.15) is 10.4 Å². The summed E-state index contributed by atoms with van der Waals surface area (Å²) >= 11 is 0. The van der Waals surface area contributed by atoms with Crippen molar-refractivity contribution in [1.29, 1.82) is 5.26 Å². The van der Waals surface area contributed by atoms with Crippen molar-refractivity contribution in [3.63, 3.8) is 0 Å². The summed E-state index contributed by atoms with van der Waals surface area (Å²) < 4.78 is 0. The van der Waals surface area contributed by atoms with Crippen molar-refractivity contribution in [2.45, 2.75) is 26.7 Å². The van der Waals surface area contributed by atoms with Crippen LogP contribution in [0.25, 0.3) is 0 Å². The molecule has 0 saturated heterocycles. The average molecular weight is 218 g/mol. The topological polar surface area (TPSA) is 52.8 Å². The second-order valence-corrected chi connectivity index (χ2v) is 4.31. The molecule has 0 unspecified atom stereocenters. The van der Waals surface area contributed by atoms with Crippen LogP contribution in [0.2, 0.25) is 0 Å². The number of rotatable bonds is 5. The number of aromatic nitrogens is 2. The molecule has 0 aliphatic carbocycles. The van der Waals surface area contributed by atoms with Crippen LogP contribution in [-0.2, 0) is 6.42 Å². The fraction of sp³-hybridized carbons (Fsp3) is 0.583. The third kappa shape index (κ3) is 3.85. The Morgan fingerprint density at radius 1 is 1.38 bits per heavy atom. The lowest BCUT2D eigenvalue weighted by atomic mass is 10.1. The van der Waals surface area contributed by atoms with Crippen LogP contribution >= 0.6 is 0 Å². The number of hydrogen-bond acceptors (Lipinski definition) is 4. The summed E-state index contributed by atoms with van der Waals surface area (Å²) in [5.74, 6) is 1.42. The van der Waals surface area contributed by atoms with Gasteiger partial charge in [-0.3, -0.25) is 0 Å². The third-order valence-corrected chi connectivity index (χ3v) is 2.27. The van der Waals surface area contributed by atoms with Gasteiger partial charge in [0.25, 0.3) is 0 Å². The van der Waals surface area contributed by atoms with Crippen LogP contribution in [0.5, 0.6) is 0 Å². The van der Waals surface area contributed by atoms with E-state index in [9.17, 15) is 0 Å². The first-order chi connectivity index (χ1) is 7.63. The summed E-state index contributed by atoms with van der Waals surface area (Å²) in [6, 6.07) is 6.08. The van der Waals surface area contributed by atoms with Crippen molar-refractivity contribution < 1.29 is 0 Å². The van der Waals surface area contributed by atoms with E-state index >= 15 is 0 Å². The predicted molar refractivity (Wildman–Crippen MR) is 64.1 cm³/mol. The van der Waals surface area contributed by atoms with Gasteiger partial charge in [-0.1, -0.05) is 13.8 Å². The first-order valence-electron chi connectivity index (χ1n) is 5.54. The van der Waals surface area contributed by atoms with Gasteiger partial charge in [0.15, 0.2) is 5.82 Å². The van der Waals surface area contributed by atoms with Gasteiger partial charge in [-0.05, 0) is 24.5 Å². The Morgan fingerprint density at radius 2 is 2.12 bits per heavy atom. The molecular formula is C12H18N4. The molecule has 0 N–H and O–H groups in total. The average Bonchev–Trinajstić information content (AvgIpc) is 2.26. The summed E-state index contributed by atoms with van der Waals surface area (Å²) in [7, 11) is 1.92. The van der Waals surface area contributed by atoms with E-state index < -0.39 is 0 Å². The summed E-state index contributed by atoms with van der Waals surface area (Å²) in [5, 5.41) is 16.8. The zero-order valence-corrected chi connectivity index (χ0v) is 10.1. The molecule has 4 heteroatoms. The number of nitriles is 1. The Morgan fingerprint density at radius 3 is 2.62 bits per heavy atom. The van der Waals surface area contributed by atoms with Crippen LogP contribution < -0.4 is 4.90 Å². The second-order valence-electron chi connectivity index (χ2n) is 4.31. The summed E-state index contributed by atoms with van der Waals surface area (Å²) in [6.07, 6.45) is 1.46.